The average molecular weight is 295 g/mol. The molecule has 0 radical (unpaired) electrons. The summed E-state index contributed by atoms with van der Waals surface area (Å²) < 4.78 is 0. The third-order valence-corrected chi connectivity index (χ3v) is 3.65. The number of anilines is 3. The fraction of sp³-hybridized carbons (Fsp3) is 0.538. The van der Waals surface area contributed by atoms with Crippen LogP contribution >= 0.6 is 0 Å². The predicted molar refractivity (Wildman–Crippen MR) is 79.3 cm³/mol. The lowest BCUT2D eigenvalue weighted by atomic mass is 10.2. The van der Waals surface area contributed by atoms with Crippen LogP contribution in [0.1, 0.15) is 12.8 Å². The lowest BCUT2D eigenvalue weighted by Gasteiger charge is -2.26. The molecule has 116 valence electrons. The third-order valence-electron chi connectivity index (χ3n) is 3.65. The van der Waals surface area contributed by atoms with Gasteiger partial charge in [0.1, 0.15) is 11.9 Å². The zero-order valence-corrected chi connectivity index (χ0v) is 12.0. The molecule has 2 heterocycles. The summed E-state index contributed by atoms with van der Waals surface area (Å²) in [5.41, 5.74) is 8.13. The van der Waals surface area contributed by atoms with Crippen LogP contribution in [0.15, 0.2) is 12.1 Å². The molecule has 8 heteroatoms. The topological polar surface area (TPSA) is 115 Å². The molecule has 1 aliphatic heterocycles. The van der Waals surface area contributed by atoms with Gasteiger partial charge in [-0.1, -0.05) is 0 Å². The number of carbonyl (C=O) groups is 1. The summed E-state index contributed by atoms with van der Waals surface area (Å²) in [5.74, 6) is 0.767. The summed E-state index contributed by atoms with van der Waals surface area (Å²) in [4.78, 5) is 19.8. The van der Waals surface area contributed by atoms with E-state index in [2.05, 4.69) is 4.98 Å². The van der Waals surface area contributed by atoms with Crippen molar-refractivity contribution in [2.45, 2.75) is 18.9 Å². The number of pyridine rings is 1. The number of nitrogens with one attached hydrogen (secondary N) is 1. The van der Waals surface area contributed by atoms with Gasteiger partial charge >= 0.3 is 0 Å². The van der Waals surface area contributed by atoms with Gasteiger partial charge in [0.15, 0.2) is 5.82 Å². The number of carbonyl (C=O) groups excluding carboxylic acids is 1. The maximum absolute atomic E-state index is 11.7. The molecule has 1 saturated heterocycles. The van der Waals surface area contributed by atoms with Crippen LogP contribution < -0.4 is 21.0 Å². The maximum atomic E-state index is 11.7. The number of rotatable bonds is 5. The molecular formula is C13H21N5O3. The van der Waals surface area contributed by atoms with Crippen molar-refractivity contribution in [1.82, 2.24) is 10.5 Å². The Hall–Kier alpha value is -2.06. The Bertz CT molecular complexity index is 511. The first-order chi connectivity index (χ1) is 10.1. The minimum Gasteiger partial charge on any atom is -0.396 e. The maximum Gasteiger partial charge on any atom is 0.266 e. The summed E-state index contributed by atoms with van der Waals surface area (Å²) in [7, 11) is 1.79. The SMILES string of the molecule is CN(CCO)c1nc(N2CCCC2C(=O)NO)ccc1N. The Balaban J connectivity index is 2.27. The lowest BCUT2D eigenvalue weighted by Crippen LogP contribution is -2.42. The summed E-state index contributed by atoms with van der Waals surface area (Å²) in [5, 5.41) is 17.8. The molecule has 1 aromatic rings. The van der Waals surface area contributed by atoms with E-state index in [0.29, 0.717) is 36.8 Å². The molecule has 2 rings (SSSR count). The molecule has 0 saturated carbocycles. The van der Waals surface area contributed by atoms with Gasteiger partial charge in [-0.25, -0.2) is 10.5 Å². The number of nitrogens with zero attached hydrogens (tertiary/aromatic N) is 3. The van der Waals surface area contributed by atoms with Crippen molar-refractivity contribution in [3.63, 3.8) is 0 Å². The monoisotopic (exact) mass is 295 g/mol. The quantitative estimate of drug-likeness (QED) is 0.430. The molecule has 8 nitrogen and oxygen atoms in total. The van der Waals surface area contributed by atoms with E-state index in [1.807, 2.05) is 4.90 Å². The largest absolute Gasteiger partial charge is 0.396 e. The van der Waals surface area contributed by atoms with Crippen molar-refractivity contribution >= 4 is 23.2 Å². The first kappa shape index (κ1) is 15.3. The summed E-state index contributed by atoms with van der Waals surface area (Å²) >= 11 is 0. The Morgan fingerprint density at radius 3 is 3.05 bits per heavy atom. The van der Waals surface area contributed by atoms with Crippen molar-refractivity contribution in [3.8, 4) is 0 Å². The van der Waals surface area contributed by atoms with Crippen molar-refractivity contribution in [2.75, 3.05) is 42.3 Å². The number of aliphatic hydroxyl groups excluding tert-OH is 1. The van der Waals surface area contributed by atoms with E-state index >= 15 is 0 Å². The number of hydrogen-bond donors (Lipinski definition) is 4. The number of aliphatic hydroxyl groups is 1. The van der Waals surface area contributed by atoms with Crippen LogP contribution in [0.5, 0.6) is 0 Å². The van der Waals surface area contributed by atoms with Gasteiger partial charge in [0.25, 0.3) is 5.91 Å². The number of likely N-dealkylation sites (N-methyl/N-ethyl adjacent to an activating group) is 1. The zero-order valence-electron chi connectivity index (χ0n) is 12.0. The minimum absolute atomic E-state index is 0.00110. The van der Waals surface area contributed by atoms with Gasteiger partial charge in [-0.2, -0.15) is 0 Å². The second-order valence-electron chi connectivity index (χ2n) is 5.05. The summed E-state index contributed by atoms with van der Waals surface area (Å²) in [6.45, 7) is 1.11. The van der Waals surface area contributed by atoms with Gasteiger partial charge in [0.2, 0.25) is 0 Å². The van der Waals surface area contributed by atoms with Crippen LogP contribution in [0.25, 0.3) is 0 Å². The van der Waals surface area contributed by atoms with E-state index < -0.39 is 11.9 Å². The van der Waals surface area contributed by atoms with Crippen molar-refractivity contribution < 1.29 is 15.1 Å². The molecule has 1 unspecified atom stereocenters. The highest BCUT2D eigenvalue weighted by Crippen LogP contribution is 2.28. The van der Waals surface area contributed by atoms with Gasteiger partial charge < -0.3 is 20.6 Å². The standard InChI is InChI=1S/C13H21N5O3/c1-17(7-8-19)12-9(14)4-5-11(15-12)18-6-2-3-10(18)13(20)16-21/h4-5,10,19,21H,2-3,6-8,14H2,1H3,(H,16,20). The summed E-state index contributed by atoms with van der Waals surface area (Å²) in [6, 6.07) is 3.06. The Morgan fingerprint density at radius 1 is 1.62 bits per heavy atom. The number of amides is 1. The number of hydrogen-bond acceptors (Lipinski definition) is 7. The third kappa shape index (κ3) is 3.17. The molecule has 0 aliphatic carbocycles. The molecule has 0 bridgehead atoms. The highest BCUT2D eigenvalue weighted by atomic mass is 16.5. The highest BCUT2D eigenvalue weighted by molar-refractivity contribution is 5.84. The highest BCUT2D eigenvalue weighted by Gasteiger charge is 2.31. The summed E-state index contributed by atoms with van der Waals surface area (Å²) in [6.07, 6.45) is 1.52. The smallest absolute Gasteiger partial charge is 0.266 e. The van der Waals surface area contributed by atoms with Crippen LogP contribution in [0.2, 0.25) is 0 Å². The van der Waals surface area contributed by atoms with E-state index in [4.69, 9.17) is 16.0 Å². The molecule has 0 aromatic carbocycles. The van der Waals surface area contributed by atoms with Crippen molar-refractivity contribution in [2.24, 2.45) is 0 Å². The number of nitrogen functional groups attached to an aromatic ring is 1. The molecule has 1 atom stereocenters. The number of aromatic nitrogens is 1. The first-order valence-corrected chi connectivity index (χ1v) is 6.87. The van der Waals surface area contributed by atoms with Gasteiger partial charge in [0.05, 0.1) is 12.3 Å². The molecule has 5 N–H and O–H groups in total. The van der Waals surface area contributed by atoms with E-state index in [-0.39, 0.29) is 6.61 Å². The predicted octanol–water partition coefficient (Wildman–Crippen LogP) is -0.433. The molecule has 1 aromatic heterocycles. The van der Waals surface area contributed by atoms with Gasteiger partial charge in [-0.15, -0.1) is 0 Å². The van der Waals surface area contributed by atoms with E-state index in [0.717, 1.165) is 6.42 Å². The molecule has 1 fully saturated rings. The minimum atomic E-state index is -0.434. The van der Waals surface area contributed by atoms with Crippen molar-refractivity contribution in [3.05, 3.63) is 12.1 Å². The van der Waals surface area contributed by atoms with E-state index in [1.54, 1.807) is 29.6 Å². The second kappa shape index (κ2) is 6.59. The van der Waals surface area contributed by atoms with Crippen LogP contribution in [-0.2, 0) is 4.79 Å². The van der Waals surface area contributed by atoms with Crippen LogP contribution in [0.4, 0.5) is 17.3 Å². The average Bonchev–Trinajstić information content (AvgIpc) is 2.96. The van der Waals surface area contributed by atoms with E-state index in [9.17, 15) is 4.79 Å². The lowest BCUT2D eigenvalue weighted by molar-refractivity contribution is -0.130. The number of hydroxylamine groups is 1. The van der Waals surface area contributed by atoms with Gasteiger partial charge in [-0.3, -0.25) is 10.0 Å². The fourth-order valence-electron chi connectivity index (χ4n) is 2.56. The Labute approximate surface area is 123 Å². The van der Waals surface area contributed by atoms with Crippen molar-refractivity contribution in [1.29, 1.82) is 0 Å². The second-order valence-corrected chi connectivity index (χ2v) is 5.05. The normalized spacial score (nSPS) is 17.9. The van der Waals surface area contributed by atoms with Gasteiger partial charge in [-0.05, 0) is 25.0 Å². The van der Waals surface area contributed by atoms with E-state index in [1.165, 1.54) is 0 Å². The van der Waals surface area contributed by atoms with Crippen LogP contribution in [-0.4, -0.2) is 54.0 Å². The van der Waals surface area contributed by atoms with Crippen LogP contribution in [0, 0.1) is 0 Å². The molecule has 0 spiro atoms. The molecular weight excluding hydrogens is 274 g/mol. The Morgan fingerprint density at radius 2 is 2.38 bits per heavy atom. The first-order valence-electron chi connectivity index (χ1n) is 6.87. The Kier molecular flexibility index (Phi) is 4.81. The zero-order chi connectivity index (χ0) is 15.4. The van der Waals surface area contributed by atoms with Crippen LogP contribution in [0.3, 0.4) is 0 Å². The number of nitrogens with two attached hydrogens (primary N) is 1. The van der Waals surface area contributed by atoms with Gasteiger partial charge in [0, 0.05) is 20.1 Å². The molecule has 21 heavy (non-hydrogen) atoms. The fourth-order valence-corrected chi connectivity index (χ4v) is 2.56. The molecule has 1 aliphatic rings. The molecule has 1 amide bonds.